The van der Waals surface area contributed by atoms with Gasteiger partial charge in [-0.25, -0.2) is 19.3 Å². The Morgan fingerprint density at radius 1 is 1.26 bits per heavy atom. The van der Waals surface area contributed by atoms with E-state index < -0.39 is 34.5 Å². The van der Waals surface area contributed by atoms with Crippen LogP contribution in [0.4, 0.5) is 29.1 Å². The standard InChI is InChI=1S/C23H21ClF4N6O/c1-8-5-11(29)17(25)13(15(8)23(26,27)28)19-16(24)18-14-21(31-7-30-18)34-6-10-3-4-12(32-10)20(34)9(2)35-22(14)33-19/h5,7,9-10,12,20,32H,3-4,6,29H2,1-2H3/t9-,10+,12-,20+/m0/s1. The Bertz CT molecular complexity index is 1380. The molecule has 0 saturated carbocycles. The molecule has 2 fully saturated rings. The number of aryl methyl sites for hydroxylation is 1. The smallest absolute Gasteiger partial charge is 0.417 e. The normalized spacial score (nSPS) is 25.4. The van der Waals surface area contributed by atoms with Crippen LogP contribution in [0.5, 0.6) is 5.88 Å². The van der Waals surface area contributed by atoms with Gasteiger partial charge in [-0.1, -0.05) is 11.6 Å². The lowest BCUT2D eigenvalue weighted by Gasteiger charge is -2.42. The molecule has 35 heavy (non-hydrogen) atoms. The van der Waals surface area contributed by atoms with Crippen LogP contribution in [0.25, 0.3) is 22.2 Å². The first kappa shape index (κ1) is 22.5. The zero-order chi connectivity index (χ0) is 24.8. The van der Waals surface area contributed by atoms with Crippen molar-refractivity contribution in [1.29, 1.82) is 0 Å². The maximum absolute atomic E-state index is 15.3. The number of nitrogen functional groups attached to an aromatic ring is 1. The number of anilines is 2. The molecule has 2 bridgehead atoms. The molecule has 4 atom stereocenters. The first-order valence-corrected chi connectivity index (χ1v) is 11.6. The zero-order valence-electron chi connectivity index (χ0n) is 18.7. The van der Waals surface area contributed by atoms with Gasteiger partial charge >= 0.3 is 6.18 Å². The molecule has 12 heteroatoms. The van der Waals surface area contributed by atoms with Gasteiger partial charge < -0.3 is 20.7 Å². The van der Waals surface area contributed by atoms with Crippen molar-refractivity contribution in [3.8, 4) is 17.1 Å². The zero-order valence-corrected chi connectivity index (χ0v) is 19.5. The van der Waals surface area contributed by atoms with Crippen LogP contribution in [0.1, 0.15) is 30.9 Å². The van der Waals surface area contributed by atoms with E-state index in [9.17, 15) is 13.2 Å². The Morgan fingerprint density at radius 2 is 2.03 bits per heavy atom. The molecule has 2 saturated heterocycles. The SMILES string of the molecule is Cc1cc(N)c(F)c(-c2nc3c4c(ncnc4c2Cl)N2C[C@H]4CC[C@H](N4)[C@H]2[C@H](C)O3)c1C(F)(F)F. The number of hydrogen-bond acceptors (Lipinski definition) is 7. The predicted molar refractivity (Wildman–Crippen MR) is 123 cm³/mol. The van der Waals surface area contributed by atoms with Gasteiger partial charge in [0.05, 0.1) is 33.6 Å². The summed E-state index contributed by atoms with van der Waals surface area (Å²) in [4.78, 5) is 15.3. The lowest BCUT2D eigenvalue weighted by Crippen LogP contribution is -2.62. The summed E-state index contributed by atoms with van der Waals surface area (Å²) in [5.74, 6) is -0.682. The van der Waals surface area contributed by atoms with Crippen molar-refractivity contribution in [2.24, 2.45) is 0 Å². The Hall–Kier alpha value is -2.92. The van der Waals surface area contributed by atoms with Crippen LogP contribution in [-0.4, -0.2) is 45.7 Å². The number of fused-ring (bicyclic) bond motifs is 5. The molecular weight excluding hydrogens is 488 g/mol. The Balaban J connectivity index is 1.65. The molecule has 3 aromatic rings. The summed E-state index contributed by atoms with van der Waals surface area (Å²) in [5.41, 5.74) is 2.73. The second-order valence-electron chi connectivity index (χ2n) is 9.36. The van der Waals surface area contributed by atoms with Gasteiger partial charge in [0.1, 0.15) is 29.2 Å². The van der Waals surface area contributed by atoms with Gasteiger partial charge in [-0.15, -0.1) is 0 Å². The summed E-state index contributed by atoms with van der Waals surface area (Å²) < 4.78 is 63.7. The summed E-state index contributed by atoms with van der Waals surface area (Å²) in [6, 6.07) is 1.31. The van der Waals surface area contributed by atoms with Crippen LogP contribution >= 0.6 is 11.6 Å². The minimum Gasteiger partial charge on any atom is -0.472 e. The van der Waals surface area contributed by atoms with Crippen molar-refractivity contribution >= 4 is 34.0 Å². The highest BCUT2D eigenvalue weighted by Crippen LogP contribution is 2.48. The van der Waals surface area contributed by atoms with Crippen LogP contribution in [0.15, 0.2) is 12.4 Å². The van der Waals surface area contributed by atoms with Gasteiger partial charge in [0.2, 0.25) is 5.88 Å². The number of aromatic nitrogens is 3. The molecule has 3 N–H and O–H groups in total. The molecule has 1 aromatic carbocycles. The fourth-order valence-electron chi connectivity index (χ4n) is 5.83. The number of alkyl halides is 3. The highest BCUT2D eigenvalue weighted by atomic mass is 35.5. The topological polar surface area (TPSA) is 89.2 Å². The highest BCUT2D eigenvalue weighted by molar-refractivity contribution is 6.38. The van der Waals surface area contributed by atoms with Gasteiger partial charge in [0, 0.05) is 18.6 Å². The molecule has 5 heterocycles. The number of nitrogens with one attached hydrogen (secondary N) is 1. The number of ether oxygens (including phenoxy) is 1. The monoisotopic (exact) mass is 508 g/mol. The molecule has 184 valence electrons. The Kier molecular flexibility index (Phi) is 4.85. The third-order valence-electron chi connectivity index (χ3n) is 7.20. The predicted octanol–water partition coefficient (Wildman–Crippen LogP) is 4.48. The molecule has 0 unspecified atom stereocenters. The van der Waals surface area contributed by atoms with E-state index in [4.69, 9.17) is 22.1 Å². The third kappa shape index (κ3) is 3.24. The number of rotatable bonds is 1. The molecule has 2 aromatic heterocycles. The van der Waals surface area contributed by atoms with E-state index in [1.54, 1.807) is 0 Å². The molecule has 0 aliphatic carbocycles. The van der Waals surface area contributed by atoms with Crippen molar-refractivity contribution in [2.45, 2.75) is 57.1 Å². The molecular formula is C23H21ClF4N6O. The van der Waals surface area contributed by atoms with Crippen molar-refractivity contribution in [3.05, 3.63) is 34.4 Å². The number of halogens is 5. The Morgan fingerprint density at radius 3 is 2.77 bits per heavy atom. The van der Waals surface area contributed by atoms with Crippen molar-refractivity contribution in [2.75, 3.05) is 17.2 Å². The molecule has 6 rings (SSSR count). The van der Waals surface area contributed by atoms with Crippen LogP contribution in [0.3, 0.4) is 0 Å². The van der Waals surface area contributed by atoms with Gasteiger partial charge in [-0.3, -0.25) is 0 Å². The van der Waals surface area contributed by atoms with Crippen molar-refractivity contribution in [3.63, 3.8) is 0 Å². The van der Waals surface area contributed by atoms with Crippen LogP contribution in [0.2, 0.25) is 5.02 Å². The van der Waals surface area contributed by atoms with E-state index in [1.165, 1.54) is 13.3 Å². The van der Waals surface area contributed by atoms with E-state index in [1.807, 2.05) is 6.92 Å². The third-order valence-corrected chi connectivity index (χ3v) is 7.55. The average molecular weight is 509 g/mol. The van der Waals surface area contributed by atoms with Gasteiger partial charge in [0.25, 0.3) is 0 Å². The number of benzene rings is 1. The van der Waals surface area contributed by atoms with Gasteiger partial charge in [-0.2, -0.15) is 13.2 Å². The molecule has 0 radical (unpaired) electrons. The highest BCUT2D eigenvalue weighted by Gasteiger charge is 2.47. The quantitative estimate of drug-likeness (QED) is 0.370. The van der Waals surface area contributed by atoms with Gasteiger partial charge in [-0.05, 0) is 38.3 Å². The van der Waals surface area contributed by atoms with E-state index in [0.717, 1.165) is 18.9 Å². The fourth-order valence-corrected chi connectivity index (χ4v) is 6.11. The first-order valence-electron chi connectivity index (χ1n) is 11.3. The number of nitrogens with zero attached hydrogens (tertiary/aromatic N) is 4. The summed E-state index contributed by atoms with van der Waals surface area (Å²) in [6.07, 6.45) is -1.97. The summed E-state index contributed by atoms with van der Waals surface area (Å²) in [6.45, 7) is 3.78. The number of piperazine rings is 1. The van der Waals surface area contributed by atoms with E-state index >= 15 is 4.39 Å². The first-order chi connectivity index (χ1) is 16.6. The number of pyridine rings is 1. The minimum absolute atomic E-state index is 0.0142. The lowest BCUT2D eigenvalue weighted by molar-refractivity contribution is -0.137. The van der Waals surface area contributed by atoms with Crippen LogP contribution < -0.4 is 20.7 Å². The maximum Gasteiger partial charge on any atom is 0.417 e. The second-order valence-corrected chi connectivity index (χ2v) is 9.74. The minimum atomic E-state index is -4.88. The Labute approximate surface area is 202 Å². The summed E-state index contributed by atoms with van der Waals surface area (Å²) >= 11 is 6.62. The average Bonchev–Trinajstić information content (AvgIpc) is 3.11. The molecule has 3 aliphatic rings. The number of nitrogens with two attached hydrogens (primary N) is 1. The van der Waals surface area contributed by atoms with E-state index in [2.05, 4.69) is 25.2 Å². The summed E-state index contributed by atoms with van der Waals surface area (Å²) in [7, 11) is 0. The summed E-state index contributed by atoms with van der Waals surface area (Å²) in [5, 5.41) is 3.77. The lowest BCUT2D eigenvalue weighted by atomic mass is 9.96. The van der Waals surface area contributed by atoms with E-state index in [-0.39, 0.29) is 46.2 Å². The van der Waals surface area contributed by atoms with Crippen molar-refractivity contribution in [1.82, 2.24) is 20.3 Å². The van der Waals surface area contributed by atoms with Crippen LogP contribution in [0, 0.1) is 12.7 Å². The second kappa shape index (κ2) is 7.54. The largest absolute Gasteiger partial charge is 0.472 e. The van der Waals surface area contributed by atoms with Crippen LogP contribution in [-0.2, 0) is 6.18 Å². The molecule has 3 aliphatic heterocycles. The van der Waals surface area contributed by atoms with E-state index in [0.29, 0.717) is 17.7 Å². The molecule has 0 amide bonds. The van der Waals surface area contributed by atoms with Gasteiger partial charge in [0.15, 0.2) is 5.82 Å². The number of hydrogen-bond donors (Lipinski definition) is 2. The molecule has 0 spiro atoms. The molecule has 7 nitrogen and oxygen atoms in total. The maximum atomic E-state index is 15.3. The fraction of sp³-hybridized carbons (Fsp3) is 0.435. The van der Waals surface area contributed by atoms with Crippen molar-refractivity contribution < 1.29 is 22.3 Å².